The van der Waals surface area contributed by atoms with Gasteiger partial charge in [0.2, 0.25) is 0 Å². The number of halogens is 1. The highest BCUT2D eigenvalue weighted by molar-refractivity contribution is 5.24. The fraction of sp³-hybridized carbons (Fsp3) is 0.600. The molecule has 0 radical (unpaired) electrons. The van der Waals surface area contributed by atoms with Gasteiger partial charge in [-0.15, -0.1) is 0 Å². The van der Waals surface area contributed by atoms with Gasteiger partial charge in [0, 0.05) is 31.7 Å². The normalized spacial score (nSPS) is 25.3. The molecule has 0 amide bonds. The second-order valence-corrected chi connectivity index (χ2v) is 5.77. The molecule has 2 rings (SSSR count). The third kappa shape index (κ3) is 3.30. The van der Waals surface area contributed by atoms with Crippen molar-refractivity contribution in [3.63, 3.8) is 0 Å². The van der Waals surface area contributed by atoms with Crippen LogP contribution >= 0.6 is 0 Å². The van der Waals surface area contributed by atoms with E-state index in [1.165, 1.54) is 6.42 Å². The molecule has 2 atom stereocenters. The summed E-state index contributed by atoms with van der Waals surface area (Å²) in [6.07, 6.45) is 1.28. The van der Waals surface area contributed by atoms with Gasteiger partial charge in [0.25, 0.3) is 0 Å². The molecule has 0 aliphatic carbocycles. The van der Waals surface area contributed by atoms with E-state index < -0.39 is 0 Å². The van der Waals surface area contributed by atoms with E-state index in [0.717, 1.165) is 24.2 Å². The van der Waals surface area contributed by atoms with E-state index in [-0.39, 0.29) is 5.82 Å². The van der Waals surface area contributed by atoms with Crippen molar-refractivity contribution in [2.24, 2.45) is 17.6 Å². The third-order valence-corrected chi connectivity index (χ3v) is 3.69. The van der Waals surface area contributed by atoms with Crippen molar-refractivity contribution >= 4 is 0 Å². The highest BCUT2D eigenvalue weighted by Gasteiger charge is 2.22. The molecule has 1 heterocycles. The second-order valence-electron chi connectivity index (χ2n) is 5.77. The molecule has 1 aromatic carbocycles. The summed E-state index contributed by atoms with van der Waals surface area (Å²) in [5.74, 6) is 1.30. The van der Waals surface area contributed by atoms with Crippen LogP contribution < -0.4 is 5.73 Å². The predicted octanol–water partition coefficient (Wildman–Crippen LogP) is 2.76. The monoisotopic (exact) mass is 250 g/mol. The van der Waals surface area contributed by atoms with Gasteiger partial charge >= 0.3 is 0 Å². The lowest BCUT2D eigenvalue weighted by molar-refractivity contribution is 0.133. The number of benzene rings is 1. The maximum atomic E-state index is 13.9. The number of nitrogens with two attached hydrogens (primary N) is 1. The molecule has 2 unspecified atom stereocenters. The van der Waals surface area contributed by atoms with Crippen LogP contribution in [0.4, 0.5) is 4.39 Å². The minimum absolute atomic E-state index is 0.121. The first-order valence-corrected chi connectivity index (χ1v) is 6.78. The Morgan fingerprint density at radius 3 is 2.50 bits per heavy atom. The summed E-state index contributed by atoms with van der Waals surface area (Å²) in [6.45, 7) is 7.80. The lowest BCUT2D eigenvalue weighted by Crippen LogP contribution is -2.38. The van der Waals surface area contributed by atoms with E-state index in [9.17, 15) is 4.39 Å². The minimum Gasteiger partial charge on any atom is -0.326 e. The van der Waals surface area contributed by atoms with E-state index in [4.69, 9.17) is 5.73 Å². The Morgan fingerprint density at radius 1 is 1.28 bits per heavy atom. The van der Waals surface area contributed by atoms with Crippen LogP contribution in [-0.4, -0.2) is 18.0 Å². The van der Waals surface area contributed by atoms with E-state index >= 15 is 0 Å². The molecule has 0 saturated carbocycles. The zero-order valence-corrected chi connectivity index (χ0v) is 11.3. The smallest absolute Gasteiger partial charge is 0.128 e. The van der Waals surface area contributed by atoms with Gasteiger partial charge < -0.3 is 5.73 Å². The van der Waals surface area contributed by atoms with Crippen molar-refractivity contribution in [3.8, 4) is 0 Å². The van der Waals surface area contributed by atoms with Gasteiger partial charge in [-0.2, -0.15) is 0 Å². The van der Waals surface area contributed by atoms with Crippen LogP contribution in [0.15, 0.2) is 18.2 Å². The maximum absolute atomic E-state index is 13.9. The Balaban J connectivity index is 2.04. The van der Waals surface area contributed by atoms with Gasteiger partial charge in [0.05, 0.1) is 0 Å². The van der Waals surface area contributed by atoms with E-state index in [1.54, 1.807) is 6.07 Å². The molecule has 1 saturated heterocycles. The summed E-state index contributed by atoms with van der Waals surface area (Å²) in [4.78, 5) is 2.36. The second kappa shape index (κ2) is 5.81. The first-order chi connectivity index (χ1) is 8.58. The topological polar surface area (TPSA) is 29.3 Å². The Morgan fingerprint density at radius 2 is 1.94 bits per heavy atom. The number of rotatable bonds is 3. The molecule has 3 heteroatoms. The molecule has 2 nitrogen and oxygen atoms in total. The van der Waals surface area contributed by atoms with Gasteiger partial charge in [-0.1, -0.05) is 26.0 Å². The molecular formula is C15H23FN2. The fourth-order valence-electron chi connectivity index (χ4n) is 3.01. The van der Waals surface area contributed by atoms with Crippen molar-refractivity contribution in [2.75, 3.05) is 13.1 Å². The Labute approximate surface area is 109 Å². The van der Waals surface area contributed by atoms with Gasteiger partial charge in [0.15, 0.2) is 0 Å². The minimum atomic E-state index is -0.121. The summed E-state index contributed by atoms with van der Waals surface area (Å²) in [5.41, 5.74) is 7.16. The molecule has 1 fully saturated rings. The average Bonchev–Trinajstić information content (AvgIpc) is 2.30. The lowest BCUT2D eigenvalue weighted by atomic mass is 9.91. The number of likely N-dealkylation sites (tertiary alicyclic amines) is 1. The van der Waals surface area contributed by atoms with Gasteiger partial charge in [-0.3, -0.25) is 4.90 Å². The SMILES string of the molecule is CC1CC(C)CN(Cc2ccc(CN)cc2F)C1. The summed E-state index contributed by atoms with van der Waals surface area (Å²) in [7, 11) is 0. The molecule has 2 N–H and O–H groups in total. The zero-order valence-electron chi connectivity index (χ0n) is 11.3. The molecular weight excluding hydrogens is 227 g/mol. The van der Waals surface area contributed by atoms with Crippen molar-refractivity contribution in [1.29, 1.82) is 0 Å². The third-order valence-electron chi connectivity index (χ3n) is 3.69. The largest absolute Gasteiger partial charge is 0.326 e. The van der Waals surface area contributed by atoms with Gasteiger partial charge in [0.1, 0.15) is 5.82 Å². The molecule has 0 aromatic heterocycles. The van der Waals surface area contributed by atoms with Crippen LogP contribution in [0.1, 0.15) is 31.4 Å². The first kappa shape index (κ1) is 13.5. The first-order valence-electron chi connectivity index (χ1n) is 6.78. The molecule has 0 spiro atoms. The molecule has 1 aliphatic heterocycles. The van der Waals surface area contributed by atoms with E-state index in [1.807, 2.05) is 12.1 Å². The summed E-state index contributed by atoms with van der Waals surface area (Å²) in [6, 6.07) is 5.36. The Bertz CT molecular complexity index is 395. The maximum Gasteiger partial charge on any atom is 0.128 e. The van der Waals surface area contributed by atoms with Crippen LogP contribution in [0.25, 0.3) is 0 Å². The van der Waals surface area contributed by atoms with Crippen LogP contribution in [0.2, 0.25) is 0 Å². The van der Waals surface area contributed by atoms with Gasteiger partial charge in [-0.25, -0.2) is 4.39 Å². The highest BCUT2D eigenvalue weighted by atomic mass is 19.1. The lowest BCUT2D eigenvalue weighted by Gasteiger charge is -2.35. The summed E-state index contributed by atoms with van der Waals surface area (Å²) in [5, 5.41) is 0. The van der Waals surface area contributed by atoms with Crippen molar-refractivity contribution in [2.45, 2.75) is 33.4 Å². The molecule has 1 aromatic rings. The van der Waals surface area contributed by atoms with Crippen LogP contribution in [0, 0.1) is 17.7 Å². The fourth-order valence-corrected chi connectivity index (χ4v) is 3.01. The number of nitrogens with zero attached hydrogens (tertiary/aromatic N) is 1. The number of hydrogen-bond donors (Lipinski definition) is 1. The van der Waals surface area contributed by atoms with Crippen molar-refractivity contribution in [1.82, 2.24) is 4.90 Å². The molecule has 18 heavy (non-hydrogen) atoms. The highest BCUT2D eigenvalue weighted by Crippen LogP contribution is 2.23. The quantitative estimate of drug-likeness (QED) is 0.893. The van der Waals surface area contributed by atoms with E-state index in [0.29, 0.717) is 24.9 Å². The molecule has 0 bridgehead atoms. The number of piperidine rings is 1. The van der Waals surface area contributed by atoms with Crippen LogP contribution in [-0.2, 0) is 13.1 Å². The van der Waals surface area contributed by atoms with Crippen molar-refractivity contribution < 1.29 is 4.39 Å². The predicted molar refractivity (Wildman–Crippen MR) is 72.5 cm³/mol. The number of hydrogen-bond acceptors (Lipinski definition) is 2. The summed E-state index contributed by atoms with van der Waals surface area (Å²) < 4.78 is 13.9. The summed E-state index contributed by atoms with van der Waals surface area (Å²) >= 11 is 0. The molecule has 100 valence electrons. The zero-order chi connectivity index (χ0) is 13.1. The average molecular weight is 250 g/mol. The van der Waals surface area contributed by atoms with Crippen LogP contribution in [0.3, 0.4) is 0 Å². The Kier molecular flexibility index (Phi) is 4.36. The van der Waals surface area contributed by atoms with E-state index in [2.05, 4.69) is 18.7 Å². The van der Waals surface area contributed by atoms with Gasteiger partial charge in [-0.05, 0) is 29.9 Å². The van der Waals surface area contributed by atoms with Crippen molar-refractivity contribution in [3.05, 3.63) is 35.1 Å². The Hall–Kier alpha value is -0.930. The van der Waals surface area contributed by atoms with Crippen LogP contribution in [0.5, 0.6) is 0 Å². The standard InChI is InChI=1S/C15H23FN2/c1-11-5-12(2)9-18(8-11)10-14-4-3-13(7-17)6-15(14)16/h3-4,6,11-12H,5,7-10,17H2,1-2H3. The molecule has 1 aliphatic rings.